The summed E-state index contributed by atoms with van der Waals surface area (Å²) in [4.78, 5) is 11.7. The molecule has 3 rings (SSSR count). The first-order valence-electron chi connectivity index (χ1n) is 6.56. The van der Waals surface area contributed by atoms with Gasteiger partial charge in [0.05, 0.1) is 10.7 Å². The number of alkyl halides is 1. The zero-order valence-corrected chi connectivity index (χ0v) is 12.8. The van der Waals surface area contributed by atoms with Gasteiger partial charge in [0.15, 0.2) is 5.76 Å². The molecule has 1 heterocycles. The summed E-state index contributed by atoms with van der Waals surface area (Å²) in [6.45, 7) is 0.479. The second-order valence-corrected chi connectivity index (χ2v) is 5.17. The number of halogens is 1. The Bertz CT molecular complexity index is 762. The highest BCUT2D eigenvalue weighted by molar-refractivity contribution is 9.09. The van der Waals surface area contributed by atoms with E-state index in [0.717, 1.165) is 10.9 Å². The molecule has 0 saturated carbocycles. The molecule has 0 aliphatic heterocycles. The van der Waals surface area contributed by atoms with Crippen LogP contribution in [0.4, 0.5) is 0 Å². The molecule has 0 N–H and O–H groups in total. The van der Waals surface area contributed by atoms with Crippen molar-refractivity contribution < 1.29 is 13.9 Å². The molecule has 0 amide bonds. The summed E-state index contributed by atoms with van der Waals surface area (Å²) >= 11 is 3.15. The summed E-state index contributed by atoms with van der Waals surface area (Å²) in [6, 6.07) is 17.2. The van der Waals surface area contributed by atoms with Gasteiger partial charge in [-0.2, -0.15) is 0 Å². The SMILES string of the molecule is O=C(CBr)c1cc2c(OCc3ccccc3)cccc2o1. The van der Waals surface area contributed by atoms with Gasteiger partial charge in [0.25, 0.3) is 0 Å². The van der Waals surface area contributed by atoms with Crippen LogP contribution in [-0.4, -0.2) is 11.1 Å². The van der Waals surface area contributed by atoms with Crippen molar-refractivity contribution in [3.8, 4) is 5.75 Å². The first-order chi connectivity index (χ1) is 10.3. The molecule has 0 radical (unpaired) electrons. The highest BCUT2D eigenvalue weighted by Crippen LogP contribution is 2.29. The zero-order chi connectivity index (χ0) is 14.7. The van der Waals surface area contributed by atoms with Gasteiger partial charge in [-0.3, -0.25) is 4.79 Å². The van der Waals surface area contributed by atoms with Crippen molar-refractivity contribution in [2.75, 3.05) is 5.33 Å². The highest BCUT2D eigenvalue weighted by Gasteiger charge is 2.13. The number of Topliss-reactive ketones (excluding diaryl/α,β-unsaturated/α-hetero) is 1. The lowest BCUT2D eigenvalue weighted by atomic mass is 10.2. The molecule has 3 nitrogen and oxygen atoms in total. The summed E-state index contributed by atoms with van der Waals surface area (Å²) in [5, 5.41) is 1.06. The summed E-state index contributed by atoms with van der Waals surface area (Å²) in [5.74, 6) is 0.978. The number of furan rings is 1. The first kappa shape index (κ1) is 13.9. The second kappa shape index (κ2) is 6.14. The Labute approximate surface area is 130 Å². The van der Waals surface area contributed by atoms with Crippen LogP contribution in [0.25, 0.3) is 11.0 Å². The lowest BCUT2D eigenvalue weighted by molar-refractivity contribution is 0.0995. The van der Waals surface area contributed by atoms with Crippen molar-refractivity contribution in [2.24, 2.45) is 0 Å². The Kier molecular flexibility index (Phi) is 4.06. The minimum atomic E-state index is -0.0831. The third-order valence-corrected chi connectivity index (χ3v) is 3.66. The zero-order valence-electron chi connectivity index (χ0n) is 11.2. The van der Waals surface area contributed by atoms with Crippen LogP contribution in [0.1, 0.15) is 16.1 Å². The molecule has 0 atom stereocenters. The summed E-state index contributed by atoms with van der Waals surface area (Å²) in [6.07, 6.45) is 0. The minimum absolute atomic E-state index is 0.0831. The van der Waals surface area contributed by atoms with Crippen LogP contribution in [0.5, 0.6) is 5.75 Å². The van der Waals surface area contributed by atoms with E-state index < -0.39 is 0 Å². The molecule has 4 heteroatoms. The van der Waals surface area contributed by atoms with E-state index in [2.05, 4.69) is 15.9 Å². The van der Waals surface area contributed by atoms with Crippen LogP contribution in [0.3, 0.4) is 0 Å². The fourth-order valence-corrected chi connectivity index (χ4v) is 2.37. The molecule has 3 aromatic rings. The van der Waals surface area contributed by atoms with Crippen molar-refractivity contribution in [1.82, 2.24) is 0 Å². The van der Waals surface area contributed by atoms with Crippen molar-refractivity contribution in [3.05, 3.63) is 65.9 Å². The molecule has 0 aliphatic rings. The van der Waals surface area contributed by atoms with Crippen molar-refractivity contribution in [1.29, 1.82) is 0 Å². The quantitative estimate of drug-likeness (QED) is 0.502. The summed E-state index contributed by atoms with van der Waals surface area (Å²) in [7, 11) is 0. The van der Waals surface area contributed by atoms with E-state index in [-0.39, 0.29) is 11.1 Å². The normalized spacial score (nSPS) is 10.7. The molecule has 0 saturated heterocycles. The van der Waals surface area contributed by atoms with E-state index in [9.17, 15) is 4.79 Å². The van der Waals surface area contributed by atoms with Crippen LogP contribution in [-0.2, 0) is 6.61 Å². The number of ether oxygens (including phenoxy) is 1. The molecule has 0 unspecified atom stereocenters. The van der Waals surface area contributed by atoms with Crippen LogP contribution < -0.4 is 4.74 Å². The van der Waals surface area contributed by atoms with Gasteiger partial charge in [0.2, 0.25) is 5.78 Å². The third-order valence-electron chi connectivity index (χ3n) is 3.15. The Morgan fingerprint density at radius 1 is 1.10 bits per heavy atom. The monoisotopic (exact) mass is 344 g/mol. The number of benzene rings is 2. The Hall–Kier alpha value is -2.07. The van der Waals surface area contributed by atoms with E-state index in [1.54, 1.807) is 6.07 Å². The van der Waals surface area contributed by atoms with Gasteiger partial charge >= 0.3 is 0 Å². The smallest absolute Gasteiger partial charge is 0.208 e. The fraction of sp³-hybridized carbons (Fsp3) is 0.118. The molecule has 0 bridgehead atoms. The Morgan fingerprint density at radius 2 is 1.90 bits per heavy atom. The molecule has 106 valence electrons. The topological polar surface area (TPSA) is 39.4 Å². The molecule has 0 fully saturated rings. The number of ketones is 1. The van der Waals surface area contributed by atoms with E-state index in [1.807, 2.05) is 48.5 Å². The third kappa shape index (κ3) is 3.00. The molecule has 0 aliphatic carbocycles. The number of carbonyl (C=O) groups is 1. The Balaban J connectivity index is 1.88. The van der Waals surface area contributed by atoms with Gasteiger partial charge in [-0.15, -0.1) is 0 Å². The average Bonchev–Trinajstić information content (AvgIpc) is 2.97. The highest BCUT2D eigenvalue weighted by atomic mass is 79.9. The van der Waals surface area contributed by atoms with E-state index in [1.165, 1.54) is 0 Å². The summed E-state index contributed by atoms with van der Waals surface area (Å²) in [5.41, 5.74) is 1.75. The van der Waals surface area contributed by atoms with E-state index in [0.29, 0.717) is 23.7 Å². The number of carbonyl (C=O) groups excluding carboxylic acids is 1. The largest absolute Gasteiger partial charge is 0.488 e. The van der Waals surface area contributed by atoms with Gasteiger partial charge in [-0.25, -0.2) is 0 Å². The molecule has 2 aromatic carbocycles. The first-order valence-corrected chi connectivity index (χ1v) is 7.68. The standard InChI is InChI=1S/C17H13BrO3/c18-10-14(19)17-9-13-15(7-4-8-16(13)21-17)20-11-12-5-2-1-3-6-12/h1-9H,10-11H2. The van der Waals surface area contributed by atoms with Gasteiger partial charge in [-0.05, 0) is 23.8 Å². The van der Waals surface area contributed by atoms with Crippen LogP contribution in [0, 0.1) is 0 Å². The van der Waals surface area contributed by atoms with Gasteiger partial charge < -0.3 is 9.15 Å². The summed E-state index contributed by atoms with van der Waals surface area (Å²) < 4.78 is 11.4. The number of hydrogen-bond acceptors (Lipinski definition) is 3. The minimum Gasteiger partial charge on any atom is -0.488 e. The van der Waals surface area contributed by atoms with Gasteiger partial charge in [0.1, 0.15) is 17.9 Å². The number of rotatable bonds is 5. The van der Waals surface area contributed by atoms with Crippen LogP contribution in [0.15, 0.2) is 59.0 Å². The van der Waals surface area contributed by atoms with E-state index >= 15 is 0 Å². The number of hydrogen-bond donors (Lipinski definition) is 0. The molecule has 21 heavy (non-hydrogen) atoms. The lowest BCUT2D eigenvalue weighted by Gasteiger charge is -2.06. The molecule has 1 aromatic heterocycles. The van der Waals surface area contributed by atoms with Crippen molar-refractivity contribution >= 4 is 32.7 Å². The molecular formula is C17H13BrO3. The predicted octanol–water partition coefficient (Wildman–Crippen LogP) is 4.59. The maximum Gasteiger partial charge on any atom is 0.208 e. The second-order valence-electron chi connectivity index (χ2n) is 4.61. The lowest BCUT2D eigenvalue weighted by Crippen LogP contribution is -1.96. The van der Waals surface area contributed by atoms with Crippen LogP contribution in [0.2, 0.25) is 0 Å². The maximum atomic E-state index is 11.7. The average molecular weight is 345 g/mol. The van der Waals surface area contributed by atoms with E-state index in [4.69, 9.17) is 9.15 Å². The molecular weight excluding hydrogens is 332 g/mol. The fourth-order valence-electron chi connectivity index (χ4n) is 2.10. The molecule has 0 spiro atoms. The maximum absolute atomic E-state index is 11.7. The Morgan fingerprint density at radius 3 is 2.67 bits per heavy atom. The van der Waals surface area contributed by atoms with Crippen molar-refractivity contribution in [3.63, 3.8) is 0 Å². The number of fused-ring (bicyclic) bond motifs is 1. The van der Waals surface area contributed by atoms with Crippen molar-refractivity contribution in [2.45, 2.75) is 6.61 Å². The van der Waals surface area contributed by atoms with Gasteiger partial charge in [-0.1, -0.05) is 52.3 Å². The van der Waals surface area contributed by atoms with Crippen LogP contribution >= 0.6 is 15.9 Å². The van der Waals surface area contributed by atoms with Gasteiger partial charge in [0, 0.05) is 0 Å². The predicted molar refractivity (Wildman–Crippen MR) is 85.1 cm³/mol.